The molecule has 0 spiro atoms. The number of hydrogen-bond donors (Lipinski definition) is 1. The van der Waals surface area contributed by atoms with Gasteiger partial charge in [0.05, 0.1) is 5.75 Å². The van der Waals surface area contributed by atoms with E-state index in [1.54, 1.807) is 11.8 Å². The van der Waals surface area contributed by atoms with E-state index in [-0.39, 0.29) is 5.75 Å². The molecule has 0 amide bonds. The van der Waals surface area contributed by atoms with Gasteiger partial charge in [-0.1, -0.05) is 13.0 Å². The number of halogens is 1. The highest BCUT2D eigenvalue weighted by Crippen LogP contribution is 2.30. The molecule has 0 saturated heterocycles. The monoisotopic (exact) mass is 365 g/mol. The van der Waals surface area contributed by atoms with E-state index in [4.69, 9.17) is 0 Å². The number of thioether (sulfide) groups is 1. The third-order valence-corrected chi connectivity index (χ3v) is 5.88. The first kappa shape index (κ1) is 17.0. The Bertz CT molecular complexity index is 517. The molecule has 0 aliphatic rings. The highest BCUT2D eigenvalue weighted by Gasteiger charge is 2.08. The summed E-state index contributed by atoms with van der Waals surface area (Å²) in [4.78, 5) is 1.08. The standard InChI is InChI=1S/C13H20BrNO2S2/c1-4-15-10(2)11-5-6-13(12(14)9-11)18-7-8-19(3,16)17/h5-6,9-10,15H,4,7-8H2,1-3H3. The second kappa shape index (κ2) is 7.67. The maximum atomic E-state index is 11.1. The first-order valence-corrected chi connectivity index (χ1v) is 10.0. The fraction of sp³-hybridized carbons (Fsp3) is 0.538. The lowest BCUT2D eigenvalue weighted by atomic mass is 10.1. The van der Waals surface area contributed by atoms with E-state index in [0.717, 1.165) is 15.9 Å². The van der Waals surface area contributed by atoms with Crippen molar-refractivity contribution in [1.82, 2.24) is 5.32 Å². The minimum absolute atomic E-state index is 0.208. The van der Waals surface area contributed by atoms with Gasteiger partial charge in [-0.2, -0.15) is 0 Å². The Morgan fingerprint density at radius 1 is 1.42 bits per heavy atom. The molecule has 0 aromatic heterocycles. The molecule has 0 heterocycles. The van der Waals surface area contributed by atoms with Crippen molar-refractivity contribution in [2.75, 3.05) is 24.3 Å². The van der Waals surface area contributed by atoms with Crippen LogP contribution in [-0.2, 0) is 9.84 Å². The van der Waals surface area contributed by atoms with Crippen LogP contribution >= 0.6 is 27.7 Å². The molecule has 1 N–H and O–H groups in total. The maximum Gasteiger partial charge on any atom is 0.148 e. The van der Waals surface area contributed by atoms with Crippen molar-refractivity contribution >= 4 is 37.5 Å². The fourth-order valence-electron chi connectivity index (χ4n) is 1.63. The lowest BCUT2D eigenvalue weighted by Gasteiger charge is -2.14. The number of hydrogen-bond acceptors (Lipinski definition) is 4. The van der Waals surface area contributed by atoms with Crippen molar-refractivity contribution in [2.24, 2.45) is 0 Å². The lowest BCUT2D eigenvalue weighted by Crippen LogP contribution is -2.17. The minimum Gasteiger partial charge on any atom is -0.310 e. The van der Waals surface area contributed by atoms with E-state index >= 15 is 0 Å². The molecular weight excluding hydrogens is 346 g/mol. The zero-order valence-corrected chi connectivity index (χ0v) is 14.7. The van der Waals surface area contributed by atoms with Gasteiger partial charge in [-0.3, -0.25) is 0 Å². The van der Waals surface area contributed by atoms with Crippen LogP contribution in [0.15, 0.2) is 27.6 Å². The van der Waals surface area contributed by atoms with Crippen molar-refractivity contribution in [3.05, 3.63) is 28.2 Å². The van der Waals surface area contributed by atoms with Crippen LogP contribution in [0, 0.1) is 0 Å². The molecule has 19 heavy (non-hydrogen) atoms. The van der Waals surface area contributed by atoms with Crippen LogP contribution in [0.25, 0.3) is 0 Å². The van der Waals surface area contributed by atoms with Crippen molar-refractivity contribution < 1.29 is 8.42 Å². The quantitative estimate of drug-likeness (QED) is 0.753. The zero-order chi connectivity index (χ0) is 14.5. The van der Waals surface area contributed by atoms with Gasteiger partial charge in [0.25, 0.3) is 0 Å². The van der Waals surface area contributed by atoms with E-state index in [1.165, 1.54) is 11.8 Å². The SMILES string of the molecule is CCNC(C)c1ccc(SCCS(C)(=O)=O)c(Br)c1. The Labute approximate surface area is 128 Å². The summed E-state index contributed by atoms with van der Waals surface area (Å²) in [6.45, 7) is 5.15. The zero-order valence-electron chi connectivity index (χ0n) is 11.4. The summed E-state index contributed by atoms with van der Waals surface area (Å²) in [6.07, 6.45) is 1.27. The van der Waals surface area contributed by atoms with Gasteiger partial charge in [0.1, 0.15) is 9.84 Å². The van der Waals surface area contributed by atoms with E-state index in [1.807, 2.05) is 6.07 Å². The van der Waals surface area contributed by atoms with Crippen molar-refractivity contribution in [3.8, 4) is 0 Å². The molecule has 1 rings (SSSR count). The van der Waals surface area contributed by atoms with Crippen LogP contribution < -0.4 is 5.32 Å². The molecule has 0 fully saturated rings. The summed E-state index contributed by atoms with van der Waals surface area (Å²) >= 11 is 5.11. The van der Waals surface area contributed by atoms with Crippen LogP contribution in [0.3, 0.4) is 0 Å². The predicted molar refractivity (Wildman–Crippen MR) is 86.7 cm³/mol. The van der Waals surface area contributed by atoms with Gasteiger partial charge in [0.2, 0.25) is 0 Å². The summed E-state index contributed by atoms with van der Waals surface area (Å²) < 4.78 is 23.2. The van der Waals surface area contributed by atoms with Crippen molar-refractivity contribution in [1.29, 1.82) is 0 Å². The first-order chi connectivity index (χ1) is 8.83. The van der Waals surface area contributed by atoms with Crippen LogP contribution in [-0.4, -0.2) is 32.7 Å². The molecule has 6 heteroatoms. The molecule has 1 aromatic carbocycles. The number of rotatable bonds is 7. The smallest absolute Gasteiger partial charge is 0.148 e. The predicted octanol–water partition coefficient (Wildman–Crippen LogP) is 3.26. The highest BCUT2D eigenvalue weighted by molar-refractivity contribution is 9.10. The average molecular weight is 366 g/mol. The Morgan fingerprint density at radius 3 is 2.63 bits per heavy atom. The Hall–Kier alpha value is -0.0400. The van der Waals surface area contributed by atoms with Gasteiger partial charge >= 0.3 is 0 Å². The molecule has 0 aliphatic carbocycles. The molecule has 3 nitrogen and oxygen atoms in total. The van der Waals surface area contributed by atoms with Crippen LogP contribution in [0.5, 0.6) is 0 Å². The van der Waals surface area contributed by atoms with E-state index in [2.05, 4.69) is 47.2 Å². The average Bonchev–Trinajstić information content (AvgIpc) is 2.30. The van der Waals surface area contributed by atoms with Crippen LogP contribution in [0.2, 0.25) is 0 Å². The van der Waals surface area contributed by atoms with Crippen molar-refractivity contribution in [3.63, 3.8) is 0 Å². The summed E-state index contributed by atoms with van der Waals surface area (Å²) in [5.41, 5.74) is 1.22. The maximum absolute atomic E-state index is 11.1. The van der Waals surface area contributed by atoms with E-state index in [0.29, 0.717) is 11.8 Å². The number of nitrogens with one attached hydrogen (secondary N) is 1. The Kier molecular flexibility index (Phi) is 6.86. The third-order valence-electron chi connectivity index (χ3n) is 2.68. The molecule has 108 valence electrons. The van der Waals surface area contributed by atoms with E-state index in [9.17, 15) is 8.42 Å². The van der Waals surface area contributed by atoms with Crippen LogP contribution in [0.4, 0.5) is 0 Å². The normalized spacial score (nSPS) is 13.5. The molecule has 1 aromatic rings. The Morgan fingerprint density at radius 2 is 2.11 bits per heavy atom. The van der Waals surface area contributed by atoms with Gasteiger partial charge in [-0.25, -0.2) is 8.42 Å². The second-order valence-corrected chi connectivity index (χ2v) is 8.70. The fourth-order valence-corrected chi connectivity index (χ4v) is 4.50. The minimum atomic E-state index is -2.88. The van der Waals surface area contributed by atoms with Crippen molar-refractivity contribution in [2.45, 2.75) is 24.8 Å². The van der Waals surface area contributed by atoms with Gasteiger partial charge in [-0.05, 0) is 47.1 Å². The molecule has 0 radical (unpaired) electrons. The number of sulfone groups is 1. The molecule has 0 saturated carbocycles. The molecule has 1 atom stereocenters. The summed E-state index contributed by atoms with van der Waals surface area (Å²) in [6, 6.07) is 6.54. The highest BCUT2D eigenvalue weighted by atomic mass is 79.9. The lowest BCUT2D eigenvalue weighted by molar-refractivity contribution is 0.597. The summed E-state index contributed by atoms with van der Waals surface area (Å²) in [7, 11) is -2.88. The molecule has 1 unspecified atom stereocenters. The van der Waals surface area contributed by atoms with Crippen LogP contribution in [0.1, 0.15) is 25.5 Å². The largest absolute Gasteiger partial charge is 0.310 e. The van der Waals surface area contributed by atoms with Gasteiger partial charge < -0.3 is 5.32 Å². The van der Waals surface area contributed by atoms with Gasteiger partial charge in [0.15, 0.2) is 0 Å². The van der Waals surface area contributed by atoms with Gasteiger partial charge in [0, 0.05) is 27.4 Å². The molecular formula is C13H20BrNO2S2. The third kappa shape index (κ3) is 6.29. The molecule has 0 aliphatic heterocycles. The number of benzene rings is 1. The molecule has 0 bridgehead atoms. The van der Waals surface area contributed by atoms with E-state index < -0.39 is 9.84 Å². The second-order valence-electron chi connectivity index (χ2n) is 4.45. The Balaban J connectivity index is 2.67. The van der Waals surface area contributed by atoms with Gasteiger partial charge in [-0.15, -0.1) is 11.8 Å². The summed E-state index contributed by atoms with van der Waals surface area (Å²) in [5, 5.41) is 3.36. The summed E-state index contributed by atoms with van der Waals surface area (Å²) in [5.74, 6) is 0.791. The topological polar surface area (TPSA) is 46.2 Å². The first-order valence-electron chi connectivity index (χ1n) is 6.17.